The zero-order valence-corrected chi connectivity index (χ0v) is 18.9. The Morgan fingerprint density at radius 3 is 2.47 bits per heavy atom. The van der Waals surface area contributed by atoms with E-state index in [4.69, 9.17) is 4.98 Å². The van der Waals surface area contributed by atoms with Gasteiger partial charge in [0.25, 0.3) is 5.91 Å². The van der Waals surface area contributed by atoms with Gasteiger partial charge in [-0.15, -0.1) is 0 Å². The Balaban J connectivity index is 1.55. The summed E-state index contributed by atoms with van der Waals surface area (Å²) in [6, 6.07) is 20.4. The van der Waals surface area contributed by atoms with Gasteiger partial charge in [0.05, 0.1) is 11.3 Å². The monoisotopic (exact) mass is 451 g/mol. The van der Waals surface area contributed by atoms with Crippen LogP contribution in [0, 0.1) is 0 Å². The van der Waals surface area contributed by atoms with Crippen LogP contribution in [0.1, 0.15) is 38.9 Å². The van der Waals surface area contributed by atoms with Gasteiger partial charge >= 0.3 is 0 Å². The smallest absolute Gasteiger partial charge is 0.255 e. The molecule has 2 N–H and O–H groups in total. The van der Waals surface area contributed by atoms with E-state index in [1.54, 1.807) is 36.8 Å². The molecule has 0 spiro atoms. The highest BCUT2D eigenvalue weighted by molar-refractivity contribution is 5.99. The average molecular weight is 452 g/mol. The van der Waals surface area contributed by atoms with E-state index in [0.717, 1.165) is 16.8 Å². The second-order valence-electron chi connectivity index (χ2n) is 7.77. The van der Waals surface area contributed by atoms with E-state index in [1.807, 2.05) is 48.5 Å². The summed E-state index contributed by atoms with van der Waals surface area (Å²) < 4.78 is 0. The van der Waals surface area contributed by atoms with Crippen LogP contribution in [0.15, 0.2) is 85.3 Å². The molecule has 0 saturated heterocycles. The molecular weight excluding hydrogens is 426 g/mol. The minimum absolute atomic E-state index is 0.0111. The number of ketones is 1. The summed E-state index contributed by atoms with van der Waals surface area (Å²) in [5, 5.41) is 6.24. The van der Waals surface area contributed by atoms with Crippen LogP contribution >= 0.6 is 0 Å². The first-order valence-electron chi connectivity index (χ1n) is 11.0. The van der Waals surface area contributed by atoms with Crippen LogP contribution in [0.25, 0.3) is 11.3 Å². The lowest BCUT2D eigenvalue weighted by atomic mass is 10.1. The summed E-state index contributed by atoms with van der Waals surface area (Å²) >= 11 is 0. The van der Waals surface area contributed by atoms with Crippen LogP contribution in [-0.2, 0) is 13.0 Å². The first-order chi connectivity index (χ1) is 16.6. The van der Waals surface area contributed by atoms with Crippen molar-refractivity contribution in [1.82, 2.24) is 20.3 Å². The standard InChI is InChI=1S/C27H25N5O2/c1-19(33)21-7-9-22(10-8-21)25-12-11-24(27(34)31-18-20-5-4-14-28-17-20)26(32-25)30-16-13-23-6-2-3-15-29-23/h2-12,14-15,17H,13,16,18H2,1H3,(H,30,32)(H,31,34). The maximum Gasteiger partial charge on any atom is 0.255 e. The molecule has 7 heteroatoms. The molecule has 0 radical (unpaired) electrons. The number of aromatic nitrogens is 3. The van der Waals surface area contributed by atoms with Gasteiger partial charge in [0.1, 0.15) is 5.82 Å². The fourth-order valence-electron chi connectivity index (χ4n) is 3.45. The molecule has 1 amide bonds. The molecular formula is C27H25N5O2. The van der Waals surface area contributed by atoms with E-state index >= 15 is 0 Å². The van der Waals surface area contributed by atoms with Crippen molar-refractivity contribution in [2.24, 2.45) is 0 Å². The largest absolute Gasteiger partial charge is 0.369 e. The molecule has 34 heavy (non-hydrogen) atoms. The van der Waals surface area contributed by atoms with Crippen LogP contribution in [0.2, 0.25) is 0 Å². The molecule has 3 heterocycles. The van der Waals surface area contributed by atoms with E-state index < -0.39 is 0 Å². The Kier molecular flexibility index (Phi) is 7.35. The number of rotatable bonds is 9. The molecule has 0 atom stereocenters. The van der Waals surface area contributed by atoms with E-state index in [1.165, 1.54) is 6.92 Å². The summed E-state index contributed by atoms with van der Waals surface area (Å²) in [5.74, 6) is 0.278. The number of carbonyl (C=O) groups excluding carboxylic acids is 2. The normalized spacial score (nSPS) is 10.5. The van der Waals surface area contributed by atoms with Crippen LogP contribution in [-0.4, -0.2) is 33.2 Å². The Morgan fingerprint density at radius 2 is 1.76 bits per heavy atom. The number of hydrogen-bond donors (Lipinski definition) is 2. The van der Waals surface area contributed by atoms with Gasteiger partial charge in [-0.3, -0.25) is 19.6 Å². The molecule has 0 aliphatic heterocycles. The molecule has 7 nitrogen and oxygen atoms in total. The summed E-state index contributed by atoms with van der Waals surface area (Å²) in [4.78, 5) is 37.7. The number of nitrogens with zero attached hydrogens (tertiary/aromatic N) is 3. The second kappa shape index (κ2) is 11.0. The Labute approximate surface area is 198 Å². The van der Waals surface area contributed by atoms with Gasteiger partial charge in [0.2, 0.25) is 0 Å². The SMILES string of the molecule is CC(=O)c1ccc(-c2ccc(C(=O)NCc3cccnc3)c(NCCc3ccccn3)n2)cc1. The Hall–Kier alpha value is -4.39. The van der Waals surface area contributed by atoms with Crippen LogP contribution in [0.3, 0.4) is 0 Å². The molecule has 4 rings (SSSR count). The lowest BCUT2D eigenvalue weighted by molar-refractivity contribution is 0.0950. The number of pyridine rings is 3. The van der Waals surface area contributed by atoms with Crippen molar-refractivity contribution >= 4 is 17.5 Å². The second-order valence-corrected chi connectivity index (χ2v) is 7.77. The fourth-order valence-corrected chi connectivity index (χ4v) is 3.45. The zero-order chi connectivity index (χ0) is 23.8. The minimum atomic E-state index is -0.227. The topological polar surface area (TPSA) is 96.9 Å². The summed E-state index contributed by atoms with van der Waals surface area (Å²) in [7, 11) is 0. The van der Waals surface area contributed by atoms with Crippen LogP contribution in [0.4, 0.5) is 5.82 Å². The third kappa shape index (κ3) is 5.89. The van der Waals surface area contributed by atoms with Gasteiger partial charge in [-0.1, -0.05) is 36.4 Å². The third-order valence-electron chi connectivity index (χ3n) is 5.30. The number of amides is 1. The van der Waals surface area contributed by atoms with E-state index in [-0.39, 0.29) is 11.7 Å². The van der Waals surface area contributed by atoms with Gasteiger partial charge < -0.3 is 10.6 Å². The summed E-state index contributed by atoms with van der Waals surface area (Å²) in [5.41, 5.74) is 4.53. The van der Waals surface area contributed by atoms with E-state index in [0.29, 0.717) is 42.1 Å². The number of nitrogens with one attached hydrogen (secondary N) is 2. The van der Waals surface area contributed by atoms with Crippen LogP contribution < -0.4 is 10.6 Å². The minimum Gasteiger partial charge on any atom is -0.369 e. The maximum absolute atomic E-state index is 13.0. The summed E-state index contributed by atoms with van der Waals surface area (Å²) in [6.45, 7) is 2.48. The molecule has 0 aliphatic rings. The Bertz CT molecular complexity index is 1260. The molecule has 0 unspecified atom stereocenters. The van der Waals surface area contributed by atoms with Gasteiger partial charge in [0.15, 0.2) is 5.78 Å². The molecule has 170 valence electrons. The van der Waals surface area contributed by atoms with Crippen molar-refractivity contribution in [3.63, 3.8) is 0 Å². The predicted octanol–water partition coefficient (Wildman–Crippen LogP) is 4.33. The highest BCUT2D eigenvalue weighted by atomic mass is 16.1. The van der Waals surface area contributed by atoms with Crippen molar-refractivity contribution in [2.45, 2.75) is 19.9 Å². The number of benzene rings is 1. The Morgan fingerprint density at radius 1 is 0.912 bits per heavy atom. The molecule has 0 saturated carbocycles. The highest BCUT2D eigenvalue weighted by Gasteiger charge is 2.15. The van der Waals surface area contributed by atoms with Crippen molar-refractivity contribution < 1.29 is 9.59 Å². The van der Waals surface area contributed by atoms with Gasteiger partial charge in [-0.2, -0.15) is 0 Å². The van der Waals surface area contributed by atoms with Crippen molar-refractivity contribution in [3.8, 4) is 11.3 Å². The molecule has 0 fully saturated rings. The number of hydrogen-bond acceptors (Lipinski definition) is 6. The third-order valence-corrected chi connectivity index (χ3v) is 5.30. The molecule has 0 aliphatic carbocycles. The van der Waals surface area contributed by atoms with E-state index in [9.17, 15) is 9.59 Å². The first kappa shape index (κ1) is 22.8. The average Bonchev–Trinajstić information content (AvgIpc) is 2.88. The maximum atomic E-state index is 13.0. The van der Waals surface area contributed by atoms with Gasteiger partial charge in [0, 0.05) is 54.9 Å². The van der Waals surface area contributed by atoms with Crippen molar-refractivity contribution in [1.29, 1.82) is 0 Å². The van der Waals surface area contributed by atoms with Gasteiger partial charge in [-0.25, -0.2) is 4.98 Å². The van der Waals surface area contributed by atoms with Crippen molar-refractivity contribution in [3.05, 3.63) is 108 Å². The lowest BCUT2D eigenvalue weighted by Crippen LogP contribution is -2.25. The quantitative estimate of drug-likeness (QED) is 0.368. The number of anilines is 1. The van der Waals surface area contributed by atoms with Crippen molar-refractivity contribution in [2.75, 3.05) is 11.9 Å². The predicted molar refractivity (Wildman–Crippen MR) is 132 cm³/mol. The van der Waals surface area contributed by atoms with E-state index in [2.05, 4.69) is 20.6 Å². The lowest BCUT2D eigenvalue weighted by Gasteiger charge is -2.13. The number of Topliss-reactive ketones (excluding diaryl/α,β-unsaturated/α-hetero) is 1. The highest BCUT2D eigenvalue weighted by Crippen LogP contribution is 2.23. The first-order valence-corrected chi connectivity index (χ1v) is 11.0. The number of carbonyl (C=O) groups is 2. The molecule has 1 aromatic carbocycles. The molecule has 3 aromatic heterocycles. The molecule has 4 aromatic rings. The zero-order valence-electron chi connectivity index (χ0n) is 18.9. The summed E-state index contributed by atoms with van der Waals surface area (Å²) in [6.07, 6.45) is 5.87. The van der Waals surface area contributed by atoms with Gasteiger partial charge in [-0.05, 0) is 42.8 Å². The fraction of sp³-hybridized carbons (Fsp3) is 0.148. The van der Waals surface area contributed by atoms with Crippen LogP contribution in [0.5, 0.6) is 0 Å². The molecule has 0 bridgehead atoms.